The number of ether oxygens (including phenoxy) is 2. The van der Waals surface area contributed by atoms with Crippen LogP contribution in [0.25, 0.3) is 6.08 Å². The highest BCUT2D eigenvalue weighted by Gasteiger charge is 2.09. The highest BCUT2D eigenvalue weighted by molar-refractivity contribution is 6.32. The van der Waals surface area contributed by atoms with Crippen LogP contribution in [0, 0.1) is 0 Å². The Labute approximate surface area is 146 Å². The summed E-state index contributed by atoms with van der Waals surface area (Å²) in [6.07, 6.45) is 7.57. The molecule has 0 radical (unpaired) electrons. The highest BCUT2D eigenvalue weighted by atomic mass is 35.5. The first-order valence-electron chi connectivity index (χ1n) is 7.38. The maximum absolute atomic E-state index is 11.9. The van der Waals surface area contributed by atoms with Crippen LogP contribution in [0.3, 0.4) is 0 Å². The molecule has 0 bridgehead atoms. The lowest BCUT2D eigenvalue weighted by Gasteiger charge is -2.10. The smallest absolute Gasteiger partial charge is 0.244 e. The van der Waals surface area contributed by atoms with Gasteiger partial charge in [0.1, 0.15) is 0 Å². The third-order valence-electron chi connectivity index (χ3n) is 3.35. The van der Waals surface area contributed by atoms with E-state index in [4.69, 9.17) is 21.1 Å². The minimum absolute atomic E-state index is 0.176. The Morgan fingerprint density at radius 3 is 2.79 bits per heavy atom. The molecule has 1 heterocycles. The van der Waals surface area contributed by atoms with E-state index in [0.29, 0.717) is 23.1 Å². The first-order valence-corrected chi connectivity index (χ1v) is 7.76. The van der Waals surface area contributed by atoms with Crippen LogP contribution in [0.15, 0.2) is 30.6 Å². The molecule has 1 N–H and O–H groups in total. The molecule has 1 amide bonds. The number of nitrogens with one attached hydrogen (secondary N) is 1. The van der Waals surface area contributed by atoms with Gasteiger partial charge in [0, 0.05) is 25.9 Å². The quantitative estimate of drug-likeness (QED) is 0.780. The molecule has 0 aliphatic rings. The van der Waals surface area contributed by atoms with Crippen molar-refractivity contribution in [2.45, 2.75) is 6.42 Å². The third kappa shape index (κ3) is 4.76. The van der Waals surface area contributed by atoms with Gasteiger partial charge in [0.25, 0.3) is 0 Å². The van der Waals surface area contributed by atoms with Gasteiger partial charge in [0.2, 0.25) is 5.91 Å². The van der Waals surface area contributed by atoms with Crippen molar-refractivity contribution in [3.05, 3.63) is 46.8 Å². The number of carbonyl (C=O) groups is 1. The van der Waals surface area contributed by atoms with Crippen molar-refractivity contribution in [3.8, 4) is 11.5 Å². The summed E-state index contributed by atoms with van der Waals surface area (Å²) < 4.78 is 12.1. The van der Waals surface area contributed by atoms with Crippen LogP contribution in [0.1, 0.15) is 11.1 Å². The van der Waals surface area contributed by atoms with Crippen molar-refractivity contribution >= 4 is 23.6 Å². The summed E-state index contributed by atoms with van der Waals surface area (Å²) in [5.74, 6) is 0.809. The first-order chi connectivity index (χ1) is 11.5. The molecule has 1 aromatic carbocycles. The zero-order chi connectivity index (χ0) is 17.5. The molecule has 24 heavy (non-hydrogen) atoms. The number of carbonyl (C=O) groups excluding carboxylic acids is 1. The summed E-state index contributed by atoms with van der Waals surface area (Å²) in [6.45, 7) is 0.543. The number of hydrogen-bond donors (Lipinski definition) is 1. The topological polar surface area (TPSA) is 65.4 Å². The van der Waals surface area contributed by atoms with Gasteiger partial charge in [-0.15, -0.1) is 0 Å². The predicted molar refractivity (Wildman–Crippen MR) is 93.5 cm³/mol. The molecule has 128 valence electrons. The largest absolute Gasteiger partial charge is 0.493 e. The zero-order valence-electron chi connectivity index (χ0n) is 13.9. The Bertz CT molecular complexity index is 741. The van der Waals surface area contributed by atoms with E-state index < -0.39 is 0 Å². The lowest BCUT2D eigenvalue weighted by Crippen LogP contribution is -2.23. The fourth-order valence-electron chi connectivity index (χ4n) is 2.20. The summed E-state index contributed by atoms with van der Waals surface area (Å²) >= 11 is 6.13. The molecule has 0 unspecified atom stereocenters. The van der Waals surface area contributed by atoms with Gasteiger partial charge in [0.05, 0.1) is 25.4 Å². The van der Waals surface area contributed by atoms with Gasteiger partial charge in [-0.25, -0.2) is 0 Å². The SMILES string of the molecule is COc1cc(C=CC(=O)NCCc2cnn(C)c2)cc(Cl)c1OC. The predicted octanol–water partition coefficient (Wildman–Crippen LogP) is 2.46. The molecular formula is C17H20ClN3O3. The van der Waals surface area contributed by atoms with Crippen molar-refractivity contribution in [3.63, 3.8) is 0 Å². The van der Waals surface area contributed by atoms with Crippen LogP contribution in [-0.2, 0) is 18.3 Å². The average Bonchev–Trinajstić information content (AvgIpc) is 2.97. The van der Waals surface area contributed by atoms with Gasteiger partial charge >= 0.3 is 0 Å². The van der Waals surface area contributed by atoms with Crippen LogP contribution in [0.4, 0.5) is 0 Å². The number of amides is 1. The molecule has 6 nitrogen and oxygen atoms in total. The number of rotatable bonds is 7. The van der Waals surface area contributed by atoms with Crippen LogP contribution in [-0.4, -0.2) is 36.5 Å². The van der Waals surface area contributed by atoms with Crippen molar-refractivity contribution in [1.29, 1.82) is 0 Å². The van der Waals surface area contributed by atoms with Gasteiger partial charge in [-0.05, 0) is 35.8 Å². The molecule has 1 aromatic heterocycles. The molecule has 0 aliphatic carbocycles. The molecule has 2 rings (SSSR count). The van der Waals surface area contributed by atoms with Crippen LogP contribution >= 0.6 is 11.6 Å². The second-order valence-corrected chi connectivity index (χ2v) is 5.54. The lowest BCUT2D eigenvalue weighted by atomic mass is 10.2. The molecular weight excluding hydrogens is 330 g/mol. The minimum Gasteiger partial charge on any atom is -0.493 e. The molecule has 0 saturated carbocycles. The second kappa shape index (κ2) is 8.40. The number of benzene rings is 1. The van der Waals surface area contributed by atoms with Gasteiger partial charge in [-0.2, -0.15) is 5.10 Å². The second-order valence-electron chi connectivity index (χ2n) is 5.13. The third-order valence-corrected chi connectivity index (χ3v) is 3.64. The van der Waals surface area contributed by atoms with Crippen LogP contribution in [0.2, 0.25) is 5.02 Å². The minimum atomic E-state index is -0.176. The fraction of sp³-hybridized carbons (Fsp3) is 0.294. The lowest BCUT2D eigenvalue weighted by molar-refractivity contribution is -0.116. The maximum atomic E-state index is 11.9. The maximum Gasteiger partial charge on any atom is 0.244 e. The number of hydrogen-bond acceptors (Lipinski definition) is 4. The molecule has 2 aromatic rings. The summed E-state index contributed by atoms with van der Waals surface area (Å²) in [5, 5.41) is 7.33. The van der Waals surface area contributed by atoms with Crippen LogP contribution < -0.4 is 14.8 Å². The van der Waals surface area contributed by atoms with E-state index in [1.54, 1.807) is 29.1 Å². The molecule has 0 saturated heterocycles. The molecule has 0 aliphatic heterocycles. The van der Waals surface area contributed by atoms with Gasteiger partial charge in [-0.1, -0.05) is 11.6 Å². The summed E-state index contributed by atoms with van der Waals surface area (Å²) in [6, 6.07) is 3.46. The Hall–Kier alpha value is -2.47. The van der Waals surface area contributed by atoms with Gasteiger partial charge < -0.3 is 14.8 Å². The van der Waals surface area contributed by atoms with E-state index in [2.05, 4.69) is 10.4 Å². The van der Waals surface area contributed by atoms with Crippen LogP contribution in [0.5, 0.6) is 11.5 Å². The Balaban J connectivity index is 1.92. The van der Waals surface area contributed by atoms with Crippen molar-refractivity contribution in [2.75, 3.05) is 20.8 Å². The highest BCUT2D eigenvalue weighted by Crippen LogP contribution is 2.36. The van der Waals surface area contributed by atoms with Gasteiger partial charge in [0.15, 0.2) is 11.5 Å². The Morgan fingerprint density at radius 1 is 1.38 bits per heavy atom. The van der Waals surface area contributed by atoms with E-state index in [0.717, 1.165) is 17.5 Å². The molecule has 0 atom stereocenters. The van der Waals surface area contributed by atoms with E-state index in [1.807, 2.05) is 13.2 Å². The molecule has 7 heteroatoms. The normalized spacial score (nSPS) is 10.8. The van der Waals surface area contributed by atoms with Gasteiger partial charge in [-0.3, -0.25) is 9.48 Å². The summed E-state index contributed by atoms with van der Waals surface area (Å²) in [7, 11) is 4.92. The van der Waals surface area contributed by atoms with Crippen molar-refractivity contribution in [1.82, 2.24) is 15.1 Å². The number of aromatic nitrogens is 2. The van der Waals surface area contributed by atoms with E-state index in [-0.39, 0.29) is 5.91 Å². The standard InChI is InChI=1S/C17H20ClN3O3/c1-21-11-13(10-20-21)6-7-19-16(22)5-4-12-8-14(18)17(24-3)15(9-12)23-2/h4-5,8-11H,6-7H2,1-3H3,(H,19,22). The fourth-order valence-corrected chi connectivity index (χ4v) is 2.49. The number of methoxy groups -OCH3 is 2. The number of aryl methyl sites for hydroxylation is 1. The number of nitrogens with zero attached hydrogens (tertiary/aromatic N) is 2. The van der Waals surface area contributed by atoms with Crippen molar-refractivity contribution in [2.24, 2.45) is 7.05 Å². The molecule has 0 spiro atoms. The van der Waals surface area contributed by atoms with E-state index in [9.17, 15) is 4.79 Å². The molecule has 0 fully saturated rings. The first kappa shape index (κ1) is 17.9. The Kier molecular flexibility index (Phi) is 6.26. The summed E-state index contributed by atoms with van der Waals surface area (Å²) in [4.78, 5) is 11.9. The summed E-state index contributed by atoms with van der Waals surface area (Å²) in [5.41, 5.74) is 1.83. The zero-order valence-corrected chi connectivity index (χ0v) is 14.6. The Morgan fingerprint density at radius 2 is 2.17 bits per heavy atom. The van der Waals surface area contributed by atoms with Crippen molar-refractivity contribution < 1.29 is 14.3 Å². The number of halogens is 1. The van der Waals surface area contributed by atoms with E-state index in [1.165, 1.54) is 20.3 Å². The average molecular weight is 350 g/mol. The monoisotopic (exact) mass is 349 g/mol. The van der Waals surface area contributed by atoms with E-state index >= 15 is 0 Å².